The third-order valence-electron chi connectivity index (χ3n) is 13.9. The second-order valence-corrected chi connectivity index (χ2v) is 21.3. The molecule has 0 aromatic carbocycles. The van der Waals surface area contributed by atoms with Gasteiger partial charge in [0.05, 0.1) is 0 Å². The van der Waals surface area contributed by atoms with E-state index >= 15 is 0 Å². The summed E-state index contributed by atoms with van der Waals surface area (Å²) in [7, 11) is 0. The van der Waals surface area contributed by atoms with Crippen molar-refractivity contribution in [3.63, 3.8) is 0 Å². The van der Waals surface area contributed by atoms with Crippen LogP contribution in [0.4, 0.5) is 0 Å². The van der Waals surface area contributed by atoms with Crippen molar-refractivity contribution in [1.29, 1.82) is 0 Å². The largest absolute Gasteiger partial charge is 0.462 e. The van der Waals surface area contributed by atoms with Crippen molar-refractivity contribution >= 4 is 17.9 Å². The molecule has 0 spiro atoms. The quantitative estimate of drug-likeness (QED) is 0.0261. The summed E-state index contributed by atoms with van der Waals surface area (Å²) in [6, 6.07) is 0. The van der Waals surface area contributed by atoms with Gasteiger partial charge in [-0.2, -0.15) is 0 Å². The molecule has 1 atom stereocenters. The number of carbonyl (C=O) groups excluding carboxylic acids is 3. The van der Waals surface area contributed by atoms with Crippen molar-refractivity contribution in [1.82, 2.24) is 0 Å². The first kappa shape index (κ1) is 71.6. The van der Waals surface area contributed by atoms with Crippen molar-refractivity contribution in [2.45, 2.75) is 322 Å². The Bertz CT molecular complexity index is 1430. The van der Waals surface area contributed by atoms with Crippen LogP contribution >= 0.6 is 0 Å². The van der Waals surface area contributed by atoms with Crippen LogP contribution in [0.3, 0.4) is 0 Å². The molecule has 0 aliphatic rings. The molecular weight excluding hydrogens is 925 g/mol. The first-order valence-corrected chi connectivity index (χ1v) is 32.1. The van der Waals surface area contributed by atoms with Gasteiger partial charge in [-0.1, -0.05) is 266 Å². The van der Waals surface area contributed by atoms with Gasteiger partial charge >= 0.3 is 17.9 Å². The van der Waals surface area contributed by atoms with Gasteiger partial charge in [-0.15, -0.1) is 0 Å². The van der Waals surface area contributed by atoms with E-state index in [1.54, 1.807) is 0 Å². The third kappa shape index (κ3) is 61.3. The maximum atomic E-state index is 12.9. The predicted molar refractivity (Wildman–Crippen MR) is 325 cm³/mol. The third-order valence-corrected chi connectivity index (χ3v) is 13.9. The zero-order chi connectivity index (χ0) is 54.3. The van der Waals surface area contributed by atoms with Crippen LogP contribution in [0, 0.1) is 0 Å². The number of ether oxygens (including phenoxy) is 3. The molecule has 6 heteroatoms. The lowest BCUT2D eigenvalue weighted by molar-refractivity contribution is -0.167. The van der Waals surface area contributed by atoms with Gasteiger partial charge in [-0.25, -0.2) is 0 Å². The molecule has 0 rings (SSSR count). The topological polar surface area (TPSA) is 78.9 Å². The molecule has 6 nitrogen and oxygen atoms in total. The number of allylic oxidation sites excluding steroid dienone is 14. The zero-order valence-electron chi connectivity index (χ0n) is 49.6. The fourth-order valence-electron chi connectivity index (χ4n) is 9.05. The molecule has 0 amide bonds. The predicted octanol–water partition coefficient (Wildman–Crippen LogP) is 21.9. The molecule has 0 N–H and O–H groups in total. The van der Waals surface area contributed by atoms with Gasteiger partial charge in [0, 0.05) is 19.3 Å². The van der Waals surface area contributed by atoms with E-state index in [4.69, 9.17) is 14.2 Å². The smallest absolute Gasteiger partial charge is 0.306 e. The first-order chi connectivity index (χ1) is 37.0. The maximum Gasteiger partial charge on any atom is 0.306 e. The van der Waals surface area contributed by atoms with Crippen molar-refractivity contribution in [3.05, 3.63) is 85.1 Å². The monoisotopic (exact) mass is 1040 g/mol. The van der Waals surface area contributed by atoms with E-state index in [1.807, 2.05) is 0 Å². The van der Waals surface area contributed by atoms with E-state index in [9.17, 15) is 14.4 Å². The van der Waals surface area contributed by atoms with E-state index < -0.39 is 6.10 Å². The second-order valence-electron chi connectivity index (χ2n) is 21.3. The average Bonchev–Trinajstić information content (AvgIpc) is 3.41. The van der Waals surface area contributed by atoms with Gasteiger partial charge < -0.3 is 14.2 Å². The Morgan fingerprint density at radius 3 is 0.840 bits per heavy atom. The molecule has 75 heavy (non-hydrogen) atoms. The lowest BCUT2D eigenvalue weighted by Crippen LogP contribution is -2.30. The number of unbranched alkanes of at least 4 members (excludes halogenated alkanes) is 33. The number of carbonyl (C=O) groups is 3. The van der Waals surface area contributed by atoms with Crippen LogP contribution in [0.2, 0.25) is 0 Å². The summed E-state index contributed by atoms with van der Waals surface area (Å²) in [5, 5.41) is 0. The molecule has 432 valence electrons. The minimum atomic E-state index is -0.792. The molecule has 0 aromatic heterocycles. The van der Waals surface area contributed by atoms with Crippen LogP contribution < -0.4 is 0 Å². The summed E-state index contributed by atoms with van der Waals surface area (Å²) in [4.78, 5) is 38.3. The second kappa shape index (κ2) is 63.1. The molecule has 0 bridgehead atoms. The summed E-state index contributed by atoms with van der Waals surface area (Å²) in [6.45, 7) is 6.52. The van der Waals surface area contributed by atoms with Crippen molar-refractivity contribution in [2.24, 2.45) is 0 Å². The van der Waals surface area contributed by atoms with Crippen LogP contribution in [-0.2, 0) is 28.6 Å². The maximum absolute atomic E-state index is 12.9. The van der Waals surface area contributed by atoms with Crippen LogP contribution in [0.25, 0.3) is 0 Å². The van der Waals surface area contributed by atoms with Gasteiger partial charge in [0.1, 0.15) is 13.2 Å². The van der Waals surface area contributed by atoms with Crippen molar-refractivity contribution in [3.8, 4) is 0 Å². The molecule has 0 aliphatic carbocycles. The first-order valence-electron chi connectivity index (χ1n) is 32.1. The van der Waals surface area contributed by atoms with E-state index in [2.05, 4.69) is 106 Å². The fourth-order valence-corrected chi connectivity index (χ4v) is 9.05. The Morgan fingerprint density at radius 1 is 0.280 bits per heavy atom. The minimum absolute atomic E-state index is 0.0864. The molecule has 0 radical (unpaired) electrons. The van der Waals surface area contributed by atoms with Crippen molar-refractivity contribution in [2.75, 3.05) is 13.2 Å². The van der Waals surface area contributed by atoms with E-state index in [0.29, 0.717) is 19.3 Å². The Balaban J connectivity index is 4.36. The normalized spacial score (nSPS) is 12.6. The zero-order valence-corrected chi connectivity index (χ0v) is 49.6. The highest BCUT2D eigenvalue weighted by Gasteiger charge is 2.19. The Hall–Kier alpha value is -3.41. The summed E-state index contributed by atoms with van der Waals surface area (Å²) in [5.41, 5.74) is 0. The number of hydrogen-bond acceptors (Lipinski definition) is 6. The van der Waals surface area contributed by atoms with Crippen LogP contribution in [0.1, 0.15) is 316 Å². The molecule has 0 saturated carbocycles. The summed E-state index contributed by atoms with van der Waals surface area (Å²) in [5.74, 6) is -0.904. The molecule has 0 heterocycles. The average molecular weight is 1050 g/mol. The number of rotatable bonds is 58. The SMILES string of the molecule is CC/C=C\C/C=C\C/C=C\C/C=C\C/C=C\CCCCCCCC(=O)OC(COC(=O)CCCCCCC/C=C\CCCCCC)COC(=O)CCCCCCCCCCCCC/C=C\CCCCCCCCCC. The standard InChI is InChI=1S/C69H120O6/c1-4-7-10-13-16-19-22-25-27-29-31-33-34-36-37-39-41-44-47-50-53-56-59-62-68(71)74-65-66(64-73-67(70)61-58-55-52-49-46-43-24-21-18-15-12-9-6-3)75-69(72)63-60-57-54-51-48-45-42-40-38-35-32-30-28-26-23-20-17-14-11-8-5-2/h8,11,17,20-21,24,26,28-29,31-32,35,40,42,66H,4-7,9-10,12-16,18-19,22-23,25,27,30,33-34,36-39,41,43-65H2,1-3H3/b11-8-,20-17-,24-21-,28-26-,31-29-,35-32-,42-40-. The molecule has 0 fully saturated rings. The van der Waals surface area contributed by atoms with Crippen LogP contribution in [0.15, 0.2) is 85.1 Å². The lowest BCUT2D eigenvalue weighted by atomic mass is 10.0. The van der Waals surface area contributed by atoms with Crippen LogP contribution in [-0.4, -0.2) is 37.2 Å². The van der Waals surface area contributed by atoms with Gasteiger partial charge in [0.2, 0.25) is 0 Å². The lowest BCUT2D eigenvalue weighted by Gasteiger charge is -2.18. The molecular formula is C69H120O6. The number of hydrogen-bond donors (Lipinski definition) is 0. The van der Waals surface area contributed by atoms with E-state index in [0.717, 1.165) is 116 Å². The highest BCUT2D eigenvalue weighted by Crippen LogP contribution is 2.16. The fraction of sp³-hybridized carbons (Fsp3) is 0.754. The molecule has 0 aliphatic heterocycles. The summed E-state index contributed by atoms with van der Waals surface area (Å²) in [6.07, 6.45) is 83.0. The van der Waals surface area contributed by atoms with Gasteiger partial charge in [0.25, 0.3) is 0 Å². The van der Waals surface area contributed by atoms with Crippen molar-refractivity contribution < 1.29 is 28.6 Å². The van der Waals surface area contributed by atoms with E-state index in [1.165, 1.54) is 161 Å². The molecule has 0 aromatic rings. The summed E-state index contributed by atoms with van der Waals surface area (Å²) >= 11 is 0. The highest BCUT2D eigenvalue weighted by molar-refractivity contribution is 5.71. The Kier molecular flexibility index (Phi) is 60.3. The Labute approximate surface area is 465 Å². The van der Waals surface area contributed by atoms with Gasteiger partial charge in [-0.05, 0) is 116 Å². The van der Waals surface area contributed by atoms with E-state index in [-0.39, 0.29) is 31.1 Å². The van der Waals surface area contributed by atoms with Gasteiger partial charge in [0.15, 0.2) is 6.10 Å². The van der Waals surface area contributed by atoms with Gasteiger partial charge in [-0.3, -0.25) is 14.4 Å². The highest BCUT2D eigenvalue weighted by atomic mass is 16.6. The summed E-state index contributed by atoms with van der Waals surface area (Å²) < 4.78 is 16.9. The minimum Gasteiger partial charge on any atom is -0.462 e. The molecule has 0 saturated heterocycles. The molecule has 1 unspecified atom stereocenters. The van der Waals surface area contributed by atoms with Crippen LogP contribution in [0.5, 0.6) is 0 Å². The number of esters is 3. The Morgan fingerprint density at radius 2 is 0.520 bits per heavy atom.